The van der Waals surface area contributed by atoms with Crippen LogP contribution >= 0.6 is 11.3 Å². The number of esters is 1. The summed E-state index contributed by atoms with van der Waals surface area (Å²) in [7, 11) is 0. The number of carbonyl (C=O) groups is 1. The molecule has 0 spiro atoms. The summed E-state index contributed by atoms with van der Waals surface area (Å²) < 4.78 is 6.92. The Morgan fingerprint density at radius 3 is 2.34 bits per heavy atom. The zero-order valence-electron chi connectivity index (χ0n) is 16.3. The predicted molar refractivity (Wildman–Crippen MR) is 115 cm³/mol. The van der Waals surface area contributed by atoms with Crippen LogP contribution in [0.4, 0.5) is 0 Å². The lowest BCUT2D eigenvalue weighted by atomic mass is 10.0. The molecule has 5 nitrogen and oxygen atoms in total. The molecule has 0 unspecified atom stereocenters. The Kier molecular flexibility index (Phi) is 5.53. The van der Waals surface area contributed by atoms with Gasteiger partial charge < -0.3 is 4.74 Å². The van der Waals surface area contributed by atoms with E-state index in [1.54, 1.807) is 6.92 Å². The SMILES string of the molecule is CCOC(=O)Cc1csc(-n2nc(-c3ccccc3)c(C)c2-c2ccccc2)n1. The van der Waals surface area contributed by atoms with Crippen LogP contribution in [-0.2, 0) is 16.0 Å². The molecule has 0 atom stereocenters. The van der Waals surface area contributed by atoms with E-state index < -0.39 is 0 Å². The van der Waals surface area contributed by atoms with E-state index in [2.05, 4.69) is 36.2 Å². The van der Waals surface area contributed by atoms with Crippen molar-refractivity contribution < 1.29 is 9.53 Å². The molecule has 0 aliphatic heterocycles. The minimum atomic E-state index is -0.269. The van der Waals surface area contributed by atoms with Crippen molar-refractivity contribution in [3.05, 3.63) is 77.3 Å². The lowest BCUT2D eigenvalue weighted by molar-refractivity contribution is -0.142. The Balaban J connectivity index is 1.81. The maximum Gasteiger partial charge on any atom is 0.311 e. The van der Waals surface area contributed by atoms with Gasteiger partial charge in [0.15, 0.2) is 0 Å². The average Bonchev–Trinajstić information content (AvgIpc) is 3.33. The van der Waals surface area contributed by atoms with Crippen molar-refractivity contribution in [2.24, 2.45) is 0 Å². The fourth-order valence-electron chi connectivity index (χ4n) is 3.27. The molecule has 2 heterocycles. The Morgan fingerprint density at radius 2 is 1.69 bits per heavy atom. The van der Waals surface area contributed by atoms with Gasteiger partial charge in [-0.25, -0.2) is 9.67 Å². The number of benzene rings is 2. The summed E-state index contributed by atoms with van der Waals surface area (Å²) in [6, 6.07) is 20.3. The summed E-state index contributed by atoms with van der Waals surface area (Å²) >= 11 is 1.47. The van der Waals surface area contributed by atoms with Crippen molar-refractivity contribution >= 4 is 17.3 Å². The summed E-state index contributed by atoms with van der Waals surface area (Å²) in [5.41, 5.74) is 5.83. The van der Waals surface area contributed by atoms with Crippen LogP contribution in [0.15, 0.2) is 66.0 Å². The molecule has 6 heteroatoms. The lowest BCUT2D eigenvalue weighted by Crippen LogP contribution is -2.08. The molecule has 0 saturated carbocycles. The van der Waals surface area contributed by atoms with Gasteiger partial charge in [-0.05, 0) is 13.8 Å². The van der Waals surface area contributed by atoms with Crippen LogP contribution in [0.3, 0.4) is 0 Å². The van der Waals surface area contributed by atoms with Gasteiger partial charge in [-0.2, -0.15) is 5.10 Å². The van der Waals surface area contributed by atoms with E-state index in [0.717, 1.165) is 33.2 Å². The molecular weight excluding hydrogens is 382 g/mol. The smallest absolute Gasteiger partial charge is 0.311 e. The molecule has 0 N–H and O–H groups in total. The molecule has 146 valence electrons. The number of rotatable bonds is 6. The summed E-state index contributed by atoms with van der Waals surface area (Å²) in [4.78, 5) is 16.5. The van der Waals surface area contributed by atoms with E-state index in [9.17, 15) is 4.79 Å². The normalized spacial score (nSPS) is 10.8. The number of thiazole rings is 1. The molecule has 2 aromatic heterocycles. The first-order valence-corrected chi connectivity index (χ1v) is 10.4. The average molecular weight is 404 g/mol. The van der Waals surface area contributed by atoms with E-state index in [1.807, 2.05) is 46.5 Å². The lowest BCUT2D eigenvalue weighted by Gasteiger charge is -2.05. The molecule has 0 aliphatic carbocycles. The van der Waals surface area contributed by atoms with Gasteiger partial charge in [0.2, 0.25) is 5.13 Å². The van der Waals surface area contributed by atoms with Gasteiger partial charge in [-0.3, -0.25) is 4.79 Å². The Labute approximate surface area is 173 Å². The molecular formula is C23H21N3O2S. The van der Waals surface area contributed by atoms with Crippen molar-refractivity contribution in [1.29, 1.82) is 0 Å². The summed E-state index contributed by atoms with van der Waals surface area (Å²) in [6.45, 7) is 4.25. The molecule has 0 saturated heterocycles. The second-order valence-electron chi connectivity index (χ2n) is 6.57. The second kappa shape index (κ2) is 8.41. The fourth-order valence-corrected chi connectivity index (χ4v) is 4.05. The third-order valence-electron chi connectivity index (χ3n) is 4.57. The predicted octanol–water partition coefficient (Wildman–Crippen LogP) is 5.08. The third-order valence-corrected chi connectivity index (χ3v) is 5.43. The molecule has 0 fully saturated rings. The van der Waals surface area contributed by atoms with Gasteiger partial charge >= 0.3 is 5.97 Å². The van der Waals surface area contributed by atoms with Gasteiger partial charge in [0.1, 0.15) is 0 Å². The summed E-state index contributed by atoms with van der Waals surface area (Å²) in [5, 5.41) is 7.52. The van der Waals surface area contributed by atoms with Gasteiger partial charge in [0, 0.05) is 22.1 Å². The molecule has 0 bridgehead atoms. The third kappa shape index (κ3) is 3.98. The van der Waals surface area contributed by atoms with Crippen LogP contribution in [0.5, 0.6) is 0 Å². The van der Waals surface area contributed by atoms with Crippen molar-refractivity contribution in [2.75, 3.05) is 6.61 Å². The molecule has 0 amide bonds. The maximum absolute atomic E-state index is 11.8. The number of carbonyl (C=O) groups excluding carboxylic acids is 1. The zero-order valence-corrected chi connectivity index (χ0v) is 17.1. The summed E-state index contributed by atoms with van der Waals surface area (Å²) in [6.07, 6.45) is 0.163. The molecule has 4 rings (SSSR count). The molecule has 29 heavy (non-hydrogen) atoms. The topological polar surface area (TPSA) is 57.0 Å². The molecule has 0 aliphatic rings. The highest BCUT2D eigenvalue weighted by Gasteiger charge is 2.20. The first-order valence-electron chi connectivity index (χ1n) is 9.48. The Morgan fingerprint density at radius 1 is 1.03 bits per heavy atom. The Hall–Kier alpha value is -3.25. The van der Waals surface area contributed by atoms with Crippen molar-refractivity contribution in [3.63, 3.8) is 0 Å². The number of hydrogen-bond acceptors (Lipinski definition) is 5. The van der Waals surface area contributed by atoms with Crippen LogP contribution in [0.1, 0.15) is 18.2 Å². The Bertz CT molecular complexity index is 1120. The van der Waals surface area contributed by atoms with E-state index >= 15 is 0 Å². The largest absolute Gasteiger partial charge is 0.466 e. The van der Waals surface area contributed by atoms with Crippen molar-refractivity contribution in [3.8, 4) is 27.6 Å². The number of aromatic nitrogens is 3. The first kappa shape index (κ1) is 19.1. The highest BCUT2D eigenvalue weighted by molar-refractivity contribution is 7.12. The highest BCUT2D eigenvalue weighted by Crippen LogP contribution is 2.34. The quantitative estimate of drug-likeness (QED) is 0.422. The van der Waals surface area contributed by atoms with Crippen LogP contribution in [-0.4, -0.2) is 27.3 Å². The van der Waals surface area contributed by atoms with E-state index in [-0.39, 0.29) is 12.4 Å². The van der Waals surface area contributed by atoms with Crippen LogP contribution in [0.25, 0.3) is 27.6 Å². The van der Waals surface area contributed by atoms with E-state index in [4.69, 9.17) is 9.84 Å². The monoisotopic (exact) mass is 403 g/mol. The van der Waals surface area contributed by atoms with Crippen LogP contribution in [0.2, 0.25) is 0 Å². The minimum absolute atomic E-state index is 0.163. The van der Waals surface area contributed by atoms with Gasteiger partial charge in [0.25, 0.3) is 0 Å². The molecule has 2 aromatic carbocycles. The first-order chi connectivity index (χ1) is 14.2. The van der Waals surface area contributed by atoms with Gasteiger partial charge in [0.05, 0.1) is 30.1 Å². The van der Waals surface area contributed by atoms with Gasteiger partial charge in [-0.1, -0.05) is 60.7 Å². The van der Waals surface area contributed by atoms with Crippen LogP contribution < -0.4 is 0 Å². The maximum atomic E-state index is 11.8. The standard InChI is InChI=1S/C23H21N3O2S/c1-3-28-20(27)14-19-15-29-23(24-19)26-22(18-12-8-5-9-13-18)16(2)21(25-26)17-10-6-4-7-11-17/h4-13,15H,3,14H2,1-2H3. The summed E-state index contributed by atoms with van der Waals surface area (Å²) in [5.74, 6) is -0.269. The van der Waals surface area contributed by atoms with E-state index in [1.165, 1.54) is 11.3 Å². The molecule has 4 aromatic rings. The zero-order chi connectivity index (χ0) is 20.2. The van der Waals surface area contributed by atoms with Crippen molar-refractivity contribution in [1.82, 2.24) is 14.8 Å². The van der Waals surface area contributed by atoms with Crippen molar-refractivity contribution in [2.45, 2.75) is 20.3 Å². The molecule has 0 radical (unpaired) electrons. The second-order valence-corrected chi connectivity index (χ2v) is 7.41. The van der Waals surface area contributed by atoms with Crippen LogP contribution in [0, 0.1) is 6.92 Å². The minimum Gasteiger partial charge on any atom is -0.466 e. The number of hydrogen-bond donors (Lipinski definition) is 0. The fraction of sp³-hybridized carbons (Fsp3) is 0.174. The highest BCUT2D eigenvalue weighted by atomic mass is 32.1. The van der Waals surface area contributed by atoms with Gasteiger partial charge in [-0.15, -0.1) is 11.3 Å². The number of ether oxygens (including phenoxy) is 1. The van der Waals surface area contributed by atoms with E-state index in [0.29, 0.717) is 12.3 Å². The number of nitrogens with zero attached hydrogens (tertiary/aromatic N) is 3.